The van der Waals surface area contributed by atoms with E-state index in [1.807, 2.05) is 37.9 Å². The minimum Gasteiger partial charge on any atom is -0.508 e. The molecule has 2 heterocycles. The topological polar surface area (TPSA) is 97.4 Å². The second-order valence-electron chi connectivity index (χ2n) is 6.30. The third-order valence-electron chi connectivity index (χ3n) is 4.54. The number of pyridine rings is 1. The smallest absolute Gasteiger partial charge is 0.134 e. The van der Waals surface area contributed by atoms with Crippen LogP contribution in [-0.2, 0) is 4.74 Å². The van der Waals surface area contributed by atoms with Gasteiger partial charge in [0.25, 0.3) is 0 Å². The van der Waals surface area contributed by atoms with Gasteiger partial charge in [0, 0.05) is 37.2 Å². The van der Waals surface area contributed by atoms with Gasteiger partial charge in [0.1, 0.15) is 29.2 Å². The number of likely N-dealkylation sites (N-methyl/N-ethyl adjacent to an activating group) is 1. The van der Waals surface area contributed by atoms with Crippen LogP contribution in [0.2, 0.25) is 0 Å². The molecule has 0 aliphatic carbocycles. The molecule has 3 rings (SSSR count). The number of nitrogens with two attached hydrogens (primary N) is 1. The monoisotopic (exact) mass is 353 g/mol. The molecule has 1 aromatic carbocycles. The van der Waals surface area contributed by atoms with E-state index < -0.39 is 0 Å². The van der Waals surface area contributed by atoms with Crippen LogP contribution in [0.15, 0.2) is 24.5 Å². The van der Waals surface area contributed by atoms with Gasteiger partial charge in [-0.2, -0.15) is 0 Å². The number of methoxy groups -OCH3 is 1. The Morgan fingerprint density at radius 1 is 1.23 bits per heavy atom. The van der Waals surface area contributed by atoms with Gasteiger partial charge in [0.05, 0.1) is 12.3 Å². The highest BCUT2D eigenvalue weighted by molar-refractivity contribution is 5.99. The summed E-state index contributed by atoms with van der Waals surface area (Å²) in [6.45, 7) is 5.12. The molecule has 3 aromatic rings. The molecule has 2 aromatic heterocycles. The predicted molar refractivity (Wildman–Crippen MR) is 103 cm³/mol. The lowest BCUT2D eigenvalue weighted by Gasteiger charge is -2.21. The van der Waals surface area contributed by atoms with Gasteiger partial charge in [-0.25, -0.2) is 15.0 Å². The first-order chi connectivity index (χ1) is 12.4. The van der Waals surface area contributed by atoms with Crippen LogP contribution in [0, 0.1) is 13.8 Å². The number of nitrogens with zero attached hydrogens (tertiary/aromatic N) is 4. The van der Waals surface area contributed by atoms with Crippen LogP contribution >= 0.6 is 0 Å². The SMILES string of the molecule is COCCN(C)c1cc2c(N)ncnc2c(-c2c(C)ccc(O)c2C)n1. The van der Waals surface area contributed by atoms with E-state index in [4.69, 9.17) is 15.5 Å². The van der Waals surface area contributed by atoms with Gasteiger partial charge in [0.15, 0.2) is 0 Å². The number of aryl methyl sites for hydroxylation is 1. The van der Waals surface area contributed by atoms with Gasteiger partial charge < -0.3 is 20.5 Å². The molecule has 0 amide bonds. The van der Waals surface area contributed by atoms with Crippen molar-refractivity contribution in [1.82, 2.24) is 15.0 Å². The standard InChI is InChI=1S/C19H23N5O2/c1-11-5-6-14(25)12(2)16(11)18-17-13(19(20)22-10-21-17)9-15(23-18)24(3)7-8-26-4/h5-6,9-10,25H,7-8H2,1-4H3,(H2,20,21,22). The number of hydrogen-bond acceptors (Lipinski definition) is 7. The summed E-state index contributed by atoms with van der Waals surface area (Å²) in [7, 11) is 3.61. The van der Waals surface area contributed by atoms with Crippen LogP contribution in [0.25, 0.3) is 22.2 Å². The molecule has 0 aliphatic rings. The van der Waals surface area contributed by atoms with Crippen molar-refractivity contribution >= 4 is 22.5 Å². The fourth-order valence-corrected chi connectivity index (χ4v) is 2.98. The summed E-state index contributed by atoms with van der Waals surface area (Å²) in [5, 5.41) is 10.9. The Labute approximate surface area is 152 Å². The second-order valence-corrected chi connectivity index (χ2v) is 6.30. The number of aromatic nitrogens is 3. The Hall–Kier alpha value is -2.93. The van der Waals surface area contributed by atoms with Crippen molar-refractivity contribution in [3.05, 3.63) is 35.7 Å². The highest BCUT2D eigenvalue weighted by Crippen LogP contribution is 2.37. The van der Waals surface area contributed by atoms with Crippen molar-refractivity contribution in [1.29, 1.82) is 0 Å². The van der Waals surface area contributed by atoms with Crippen LogP contribution in [0.1, 0.15) is 11.1 Å². The number of hydrogen-bond donors (Lipinski definition) is 2. The zero-order chi connectivity index (χ0) is 18.8. The molecule has 0 spiro atoms. The van der Waals surface area contributed by atoms with E-state index in [-0.39, 0.29) is 5.75 Å². The highest BCUT2D eigenvalue weighted by atomic mass is 16.5. The van der Waals surface area contributed by atoms with Crippen LogP contribution in [-0.4, -0.2) is 47.4 Å². The van der Waals surface area contributed by atoms with E-state index in [0.29, 0.717) is 30.2 Å². The van der Waals surface area contributed by atoms with E-state index >= 15 is 0 Å². The largest absolute Gasteiger partial charge is 0.508 e. The lowest BCUT2D eigenvalue weighted by Crippen LogP contribution is -2.23. The van der Waals surface area contributed by atoms with Crippen molar-refractivity contribution in [2.24, 2.45) is 0 Å². The fraction of sp³-hybridized carbons (Fsp3) is 0.316. The van der Waals surface area contributed by atoms with Gasteiger partial charge in [0.2, 0.25) is 0 Å². The van der Waals surface area contributed by atoms with Crippen LogP contribution in [0.3, 0.4) is 0 Å². The maximum atomic E-state index is 10.2. The van der Waals surface area contributed by atoms with Gasteiger partial charge in [-0.05, 0) is 31.5 Å². The van der Waals surface area contributed by atoms with Gasteiger partial charge in [-0.1, -0.05) is 6.07 Å². The summed E-state index contributed by atoms with van der Waals surface area (Å²) in [4.78, 5) is 15.4. The number of aromatic hydroxyl groups is 1. The van der Waals surface area contributed by atoms with Crippen LogP contribution in [0.5, 0.6) is 5.75 Å². The summed E-state index contributed by atoms with van der Waals surface area (Å²) in [6.07, 6.45) is 1.44. The molecular weight excluding hydrogens is 330 g/mol. The molecule has 136 valence electrons. The van der Waals surface area contributed by atoms with Gasteiger partial charge in [-0.15, -0.1) is 0 Å². The number of phenolic OH excluding ortho intramolecular Hbond substituents is 1. The van der Waals surface area contributed by atoms with Crippen LogP contribution < -0.4 is 10.6 Å². The Balaban J connectivity index is 2.31. The maximum Gasteiger partial charge on any atom is 0.134 e. The summed E-state index contributed by atoms with van der Waals surface area (Å²) in [6, 6.07) is 5.45. The Kier molecular flexibility index (Phi) is 4.90. The Bertz CT molecular complexity index is 958. The van der Waals surface area contributed by atoms with Crippen molar-refractivity contribution in [3.8, 4) is 17.0 Å². The zero-order valence-corrected chi connectivity index (χ0v) is 15.4. The fourth-order valence-electron chi connectivity index (χ4n) is 2.98. The van der Waals surface area contributed by atoms with Crippen molar-refractivity contribution in [2.45, 2.75) is 13.8 Å². The molecule has 0 saturated carbocycles. The molecule has 0 saturated heterocycles. The first kappa shape index (κ1) is 17.9. The summed E-state index contributed by atoms with van der Waals surface area (Å²) >= 11 is 0. The number of benzene rings is 1. The normalized spacial score (nSPS) is 11.1. The lowest BCUT2D eigenvalue weighted by atomic mass is 9.97. The summed E-state index contributed by atoms with van der Waals surface area (Å²) in [5.74, 6) is 1.37. The average Bonchev–Trinajstić information content (AvgIpc) is 2.63. The molecular formula is C19H23N5O2. The van der Waals surface area contributed by atoms with Crippen molar-refractivity contribution in [3.63, 3.8) is 0 Å². The van der Waals surface area contributed by atoms with E-state index in [2.05, 4.69) is 9.97 Å². The van der Waals surface area contributed by atoms with Gasteiger partial charge in [-0.3, -0.25) is 0 Å². The van der Waals surface area contributed by atoms with Crippen molar-refractivity contribution < 1.29 is 9.84 Å². The molecule has 7 heteroatoms. The van der Waals surface area contributed by atoms with Crippen molar-refractivity contribution in [2.75, 3.05) is 37.9 Å². The minimum atomic E-state index is 0.223. The number of anilines is 2. The zero-order valence-electron chi connectivity index (χ0n) is 15.4. The minimum absolute atomic E-state index is 0.223. The molecule has 0 atom stereocenters. The van der Waals surface area contributed by atoms with E-state index in [1.54, 1.807) is 13.2 Å². The molecule has 0 aliphatic heterocycles. The molecule has 0 bridgehead atoms. The number of rotatable bonds is 5. The predicted octanol–water partition coefficient (Wildman–Crippen LogP) is 2.68. The Morgan fingerprint density at radius 2 is 2.00 bits per heavy atom. The van der Waals surface area contributed by atoms with E-state index in [1.165, 1.54) is 6.33 Å². The highest BCUT2D eigenvalue weighted by Gasteiger charge is 2.18. The van der Waals surface area contributed by atoms with Crippen LogP contribution in [0.4, 0.5) is 11.6 Å². The lowest BCUT2D eigenvalue weighted by molar-refractivity contribution is 0.206. The average molecular weight is 353 g/mol. The maximum absolute atomic E-state index is 10.2. The quantitative estimate of drug-likeness (QED) is 0.728. The first-order valence-electron chi connectivity index (χ1n) is 8.35. The van der Waals surface area contributed by atoms with E-state index in [9.17, 15) is 5.11 Å². The molecule has 26 heavy (non-hydrogen) atoms. The molecule has 0 radical (unpaired) electrons. The molecule has 3 N–H and O–H groups in total. The number of fused-ring (bicyclic) bond motifs is 1. The third kappa shape index (κ3) is 3.13. The second kappa shape index (κ2) is 7.13. The summed E-state index contributed by atoms with van der Waals surface area (Å²) in [5.41, 5.74) is 10.1. The summed E-state index contributed by atoms with van der Waals surface area (Å²) < 4.78 is 5.16. The first-order valence-corrected chi connectivity index (χ1v) is 8.35. The number of ether oxygens (including phenoxy) is 1. The molecule has 0 unspecified atom stereocenters. The molecule has 0 fully saturated rings. The Morgan fingerprint density at radius 3 is 2.73 bits per heavy atom. The number of nitrogen functional groups attached to an aromatic ring is 1. The van der Waals surface area contributed by atoms with Gasteiger partial charge >= 0.3 is 0 Å². The molecule has 7 nitrogen and oxygen atoms in total. The number of phenols is 1. The van der Waals surface area contributed by atoms with E-state index in [0.717, 1.165) is 27.9 Å². The third-order valence-corrected chi connectivity index (χ3v) is 4.54.